The third kappa shape index (κ3) is 3.95. The fraction of sp³-hybridized carbons (Fsp3) is 0.190. The van der Waals surface area contributed by atoms with Crippen LogP contribution in [0.5, 0.6) is 0 Å². The summed E-state index contributed by atoms with van der Waals surface area (Å²) in [5.74, 6) is 0.257. The predicted molar refractivity (Wildman–Crippen MR) is 110 cm³/mol. The Balaban J connectivity index is 1.75. The summed E-state index contributed by atoms with van der Waals surface area (Å²) in [5.41, 5.74) is 2.90. The molecule has 0 saturated heterocycles. The fourth-order valence-electron chi connectivity index (χ4n) is 3.05. The fourth-order valence-corrected chi connectivity index (χ4v) is 3.18. The smallest absolute Gasteiger partial charge is 0.270 e. The third-order valence-electron chi connectivity index (χ3n) is 4.59. The van der Waals surface area contributed by atoms with E-state index < -0.39 is 6.04 Å². The molecule has 0 fully saturated rings. The van der Waals surface area contributed by atoms with E-state index in [0.717, 1.165) is 16.8 Å². The molecule has 1 amide bonds. The van der Waals surface area contributed by atoms with Crippen molar-refractivity contribution in [1.29, 1.82) is 0 Å². The summed E-state index contributed by atoms with van der Waals surface area (Å²) < 4.78 is 1.45. The van der Waals surface area contributed by atoms with Crippen molar-refractivity contribution < 1.29 is 4.79 Å². The van der Waals surface area contributed by atoms with Crippen LogP contribution in [0.1, 0.15) is 53.1 Å². The molecule has 0 spiro atoms. The van der Waals surface area contributed by atoms with E-state index in [2.05, 4.69) is 25.4 Å². The van der Waals surface area contributed by atoms with Gasteiger partial charge in [0.05, 0.1) is 6.04 Å². The van der Waals surface area contributed by atoms with Crippen molar-refractivity contribution in [3.63, 3.8) is 0 Å². The average molecular weight is 407 g/mol. The van der Waals surface area contributed by atoms with E-state index in [1.54, 1.807) is 30.6 Å². The number of amides is 1. The number of pyridine rings is 1. The molecular formula is C21H19ClN6O. The monoisotopic (exact) mass is 406 g/mol. The van der Waals surface area contributed by atoms with E-state index in [-0.39, 0.29) is 11.8 Å². The molecule has 146 valence electrons. The quantitative estimate of drug-likeness (QED) is 0.544. The van der Waals surface area contributed by atoms with Crippen molar-refractivity contribution in [2.45, 2.75) is 25.8 Å². The molecule has 0 radical (unpaired) electrons. The van der Waals surface area contributed by atoms with Crippen LogP contribution >= 0.6 is 11.6 Å². The Labute approximate surface area is 172 Å². The van der Waals surface area contributed by atoms with Crippen LogP contribution in [0.2, 0.25) is 5.02 Å². The SMILES string of the molecule is CC(C)c1cc(C(=O)NC(c2ccc(Cl)cc2)c2cccnc2)n2ncnc2n1. The maximum absolute atomic E-state index is 13.3. The first-order valence-electron chi connectivity index (χ1n) is 9.20. The van der Waals surface area contributed by atoms with Crippen molar-refractivity contribution >= 4 is 23.3 Å². The van der Waals surface area contributed by atoms with Gasteiger partial charge in [0.25, 0.3) is 11.7 Å². The molecule has 1 atom stereocenters. The summed E-state index contributed by atoms with van der Waals surface area (Å²) in [6, 6.07) is 12.5. The number of nitrogens with one attached hydrogen (secondary N) is 1. The number of aromatic nitrogens is 5. The van der Waals surface area contributed by atoms with Crippen molar-refractivity contribution in [2.24, 2.45) is 0 Å². The van der Waals surface area contributed by atoms with Crippen LogP contribution in [0, 0.1) is 0 Å². The van der Waals surface area contributed by atoms with Gasteiger partial charge in [0.2, 0.25) is 0 Å². The second kappa shape index (κ2) is 7.97. The zero-order chi connectivity index (χ0) is 20.4. The summed E-state index contributed by atoms with van der Waals surface area (Å²) >= 11 is 6.04. The van der Waals surface area contributed by atoms with E-state index in [4.69, 9.17) is 11.6 Å². The number of carbonyl (C=O) groups excluding carboxylic acids is 1. The molecule has 4 aromatic rings. The highest BCUT2D eigenvalue weighted by Crippen LogP contribution is 2.24. The Morgan fingerprint density at radius 2 is 1.93 bits per heavy atom. The van der Waals surface area contributed by atoms with E-state index in [9.17, 15) is 4.79 Å². The van der Waals surface area contributed by atoms with Gasteiger partial charge in [-0.05, 0) is 41.3 Å². The van der Waals surface area contributed by atoms with E-state index >= 15 is 0 Å². The van der Waals surface area contributed by atoms with Gasteiger partial charge in [-0.25, -0.2) is 4.98 Å². The van der Waals surface area contributed by atoms with Gasteiger partial charge in [-0.3, -0.25) is 9.78 Å². The molecule has 0 bridgehead atoms. The highest BCUT2D eigenvalue weighted by molar-refractivity contribution is 6.30. The van der Waals surface area contributed by atoms with Gasteiger partial charge in [0, 0.05) is 23.1 Å². The van der Waals surface area contributed by atoms with Crippen molar-refractivity contribution in [3.05, 3.63) is 88.7 Å². The van der Waals surface area contributed by atoms with Crippen molar-refractivity contribution in [2.75, 3.05) is 0 Å². The number of benzene rings is 1. The first-order chi connectivity index (χ1) is 14.0. The zero-order valence-electron chi connectivity index (χ0n) is 16.0. The van der Waals surface area contributed by atoms with Crippen LogP contribution in [0.25, 0.3) is 5.78 Å². The lowest BCUT2D eigenvalue weighted by molar-refractivity contribution is 0.0935. The second-order valence-corrected chi connectivity index (χ2v) is 7.37. The minimum absolute atomic E-state index is 0.147. The Hall–Kier alpha value is -3.32. The normalized spacial score (nSPS) is 12.3. The Kier molecular flexibility index (Phi) is 5.22. The summed E-state index contributed by atoms with van der Waals surface area (Å²) in [5, 5.41) is 7.88. The molecule has 1 aromatic carbocycles. The van der Waals surface area contributed by atoms with Crippen LogP contribution < -0.4 is 5.32 Å². The van der Waals surface area contributed by atoms with E-state index in [1.807, 2.05) is 38.1 Å². The average Bonchev–Trinajstić information content (AvgIpc) is 3.21. The molecule has 0 aliphatic carbocycles. The van der Waals surface area contributed by atoms with Crippen LogP contribution in [0.3, 0.4) is 0 Å². The molecule has 8 heteroatoms. The number of fused-ring (bicyclic) bond motifs is 1. The first-order valence-corrected chi connectivity index (χ1v) is 9.57. The van der Waals surface area contributed by atoms with Crippen molar-refractivity contribution in [3.8, 4) is 0 Å². The van der Waals surface area contributed by atoms with Crippen LogP contribution in [-0.2, 0) is 0 Å². The molecule has 0 aliphatic rings. The Bertz CT molecular complexity index is 1140. The molecule has 3 heterocycles. The first kappa shape index (κ1) is 19.0. The van der Waals surface area contributed by atoms with Gasteiger partial charge >= 0.3 is 0 Å². The zero-order valence-corrected chi connectivity index (χ0v) is 16.7. The lowest BCUT2D eigenvalue weighted by atomic mass is 10.00. The van der Waals surface area contributed by atoms with E-state index in [1.165, 1.54) is 10.8 Å². The molecule has 1 N–H and O–H groups in total. The molecular weight excluding hydrogens is 388 g/mol. The largest absolute Gasteiger partial charge is 0.340 e. The summed E-state index contributed by atoms with van der Waals surface area (Å²) in [4.78, 5) is 26.1. The minimum atomic E-state index is -0.400. The van der Waals surface area contributed by atoms with Crippen LogP contribution in [0.15, 0.2) is 61.2 Å². The van der Waals surface area contributed by atoms with Crippen LogP contribution in [-0.4, -0.2) is 30.5 Å². The maximum Gasteiger partial charge on any atom is 0.270 e. The summed E-state index contributed by atoms with van der Waals surface area (Å²) in [7, 11) is 0. The Morgan fingerprint density at radius 1 is 1.14 bits per heavy atom. The van der Waals surface area contributed by atoms with Gasteiger partial charge in [-0.2, -0.15) is 14.6 Å². The lowest BCUT2D eigenvalue weighted by Crippen LogP contribution is -2.31. The number of halogens is 1. The molecule has 4 rings (SSSR count). The Morgan fingerprint density at radius 3 is 2.62 bits per heavy atom. The number of hydrogen-bond donors (Lipinski definition) is 1. The van der Waals surface area contributed by atoms with Gasteiger partial charge in [0.15, 0.2) is 0 Å². The third-order valence-corrected chi connectivity index (χ3v) is 4.84. The van der Waals surface area contributed by atoms with E-state index in [0.29, 0.717) is 16.5 Å². The second-order valence-electron chi connectivity index (χ2n) is 6.94. The summed E-state index contributed by atoms with van der Waals surface area (Å²) in [6.45, 7) is 4.03. The number of nitrogens with zero attached hydrogens (tertiary/aromatic N) is 5. The van der Waals surface area contributed by atoms with Gasteiger partial charge in [-0.15, -0.1) is 0 Å². The van der Waals surface area contributed by atoms with Gasteiger partial charge in [0.1, 0.15) is 12.0 Å². The molecule has 7 nitrogen and oxygen atoms in total. The lowest BCUT2D eigenvalue weighted by Gasteiger charge is -2.20. The van der Waals surface area contributed by atoms with Crippen LogP contribution in [0.4, 0.5) is 0 Å². The molecule has 29 heavy (non-hydrogen) atoms. The molecule has 0 saturated carbocycles. The highest BCUT2D eigenvalue weighted by atomic mass is 35.5. The van der Waals surface area contributed by atoms with Gasteiger partial charge < -0.3 is 5.32 Å². The molecule has 3 aromatic heterocycles. The number of carbonyl (C=O) groups is 1. The van der Waals surface area contributed by atoms with Crippen molar-refractivity contribution in [1.82, 2.24) is 29.9 Å². The number of rotatable bonds is 5. The topological polar surface area (TPSA) is 85.1 Å². The highest BCUT2D eigenvalue weighted by Gasteiger charge is 2.22. The standard InChI is InChI=1S/C21H19ClN6O/c1-13(2)17-10-18(28-21(26-17)24-12-25-28)20(29)27-19(15-4-3-9-23-11-15)14-5-7-16(22)8-6-14/h3-13,19H,1-2H3,(H,27,29). The molecule has 0 aliphatic heterocycles. The maximum atomic E-state index is 13.3. The summed E-state index contributed by atoms with van der Waals surface area (Å²) in [6.07, 6.45) is 4.82. The minimum Gasteiger partial charge on any atom is -0.340 e. The number of hydrogen-bond acceptors (Lipinski definition) is 5. The predicted octanol–water partition coefficient (Wildman–Crippen LogP) is 3.82. The molecule has 1 unspecified atom stereocenters. The van der Waals surface area contributed by atoms with Gasteiger partial charge in [-0.1, -0.05) is 43.6 Å².